The second kappa shape index (κ2) is 4.55. The van der Waals surface area contributed by atoms with E-state index in [0.717, 1.165) is 19.3 Å². The largest absolute Gasteiger partial charge is 0.480 e. The van der Waals surface area contributed by atoms with E-state index < -0.39 is 23.2 Å². The molecule has 5 nitrogen and oxygen atoms in total. The van der Waals surface area contributed by atoms with Gasteiger partial charge in [-0.05, 0) is 46.5 Å². The zero-order chi connectivity index (χ0) is 13.3. The van der Waals surface area contributed by atoms with E-state index in [-0.39, 0.29) is 5.92 Å². The number of nitrogens with one attached hydrogen (secondary N) is 1. The highest BCUT2D eigenvalue weighted by Crippen LogP contribution is 2.36. The van der Waals surface area contributed by atoms with E-state index in [9.17, 15) is 14.7 Å². The Morgan fingerprint density at radius 3 is 2.06 bits per heavy atom. The van der Waals surface area contributed by atoms with Crippen LogP contribution in [0.1, 0.15) is 47.0 Å². The number of hydrogen-bond acceptors (Lipinski definition) is 3. The van der Waals surface area contributed by atoms with Crippen molar-refractivity contribution in [1.82, 2.24) is 5.32 Å². The van der Waals surface area contributed by atoms with Gasteiger partial charge in [0.2, 0.25) is 0 Å². The van der Waals surface area contributed by atoms with E-state index in [1.165, 1.54) is 0 Å². The SMILES string of the molecule is CC(C)(C)OC(=O)NC(C)(C(=O)O)C1CCC1. The van der Waals surface area contributed by atoms with Crippen molar-refractivity contribution in [2.24, 2.45) is 5.92 Å². The number of carbonyl (C=O) groups is 2. The maximum atomic E-state index is 11.6. The lowest BCUT2D eigenvalue weighted by molar-refractivity contribution is -0.148. The van der Waals surface area contributed by atoms with Gasteiger partial charge in [-0.1, -0.05) is 6.42 Å². The number of ether oxygens (including phenoxy) is 1. The number of carboxylic acids is 1. The fourth-order valence-electron chi connectivity index (χ4n) is 1.83. The molecule has 1 aliphatic rings. The first kappa shape index (κ1) is 13.8. The molecule has 1 saturated carbocycles. The number of carboxylic acid groups (broad SMARTS) is 1. The van der Waals surface area contributed by atoms with E-state index in [0.29, 0.717) is 0 Å². The normalized spacial score (nSPS) is 20.0. The maximum absolute atomic E-state index is 11.6. The number of amides is 1. The van der Waals surface area contributed by atoms with Crippen LogP contribution in [0, 0.1) is 5.92 Å². The van der Waals surface area contributed by atoms with Crippen LogP contribution in [0.15, 0.2) is 0 Å². The molecule has 2 N–H and O–H groups in total. The Balaban J connectivity index is 2.67. The summed E-state index contributed by atoms with van der Waals surface area (Å²) in [7, 11) is 0. The minimum Gasteiger partial charge on any atom is -0.480 e. The number of carbonyl (C=O) groups excluding carboxylic acids is 1. The van der Waals surface area contributed by atoms with Crippen molar-refractivity contribution in [1.29, 1.82) is 0 Å². The van der Waals surface area contributed by atoms with Crippen LogP contribution in [-0.4, -0.2) is 28.3 Å². The summed E-state index contributed by atoms with van der Waals surface area (Å²) in [6, 6.07) is 0. The van der Waals surface area contributed by atoms with Crippen LogP contribution < -0.4 is 5.32 Å². The summed E-state index contributed by atoms with van der Waals surface area (Å²) in [5, 5.41) is 11.7. The Bertz CT molecular complexity index is 317. The van der Waals surface area contributed by atoms with Gasteiger partial charge >= 0.3 is 12.1 Å². The Hall–Kier alpha value is -1.26. The molecule has 0 radical (unpaired) electrons. The van der Waals surface area contributed by atoms with Crippen molar-refractivity contribution in [3.63, 3.8) is 0 Å². The van der Waals surface area contributed by atoms with E-state index >= 15 is 0 Å². The molecule has 0 aliphatic heterocycles. The lowest BCUT2D eigenvalue weighted by Gasteiger charge is -2.40. The third-order valence-electron chi connectivity index (χ3n) is 3.13. The third kappa shape index (κ3) is 3.35. The van der Waals surface area contributed by atoms with Crippen LogP contribution in [0.4, 0.5) is 4.79 Å². The molecule has 1 aliphatic carbocycles. The summed E-state index contributed by atoms with van der Waals surface area (Å²) in [6.07, 6.45) is 2.01. The van der Waals surface area contributed by atoms with E-state index in [4.69, 9.17) is 4.74 Å². The van der Waals surface area contributed by atoms with Crippen LogP contribution in [-0.2, 0) is 9.53 Å². The highest BCUT2D eigenvalue weighted by molar-refractivity contribution is 5.84. The number of rotatable bonds is 3. The van der Waals surface area contributed by atoms with Gasteiger partial charge in [-0.3, -0.25) is 0 Å². The lowest BCUT2D eigenvalue weighted by Crippen LogP contribution is -2.59. The highest BCUT2D eigenvalue weighted by atomic mass is 16.6. The minimum absolute atomic E-state index is 0.00693. The van der Waals surface area contributed by atoms with E-state index in [1.54, 1.807) is 27.7 Å². The van der Waals surface area contributed by atoms with Crippen molar-refractivity contribution < 1.29 is 19.4 Å². The van der Waals surface area contributed by atoms with E-state index in [2.05, 4.69) is 5.32 Å². The first-order chi connectivity index (χ1) is 7.65. The van der Waals surface area contributed by atoms with Crippen LogP contribution in [0.25, 0.3) is 0 Å². The molecule has 0 aromatic carbocycles. The molecule has 1 rings (SSSR count). The average Bonchev–Trinajstić information content (AvgIpc) is 1.94. The summed E-state index contributed by atoms with van der Waals surface area (Å²) in [6.45, 7) is 6.78. The zero-order valence-electron chi connectivity index (χ0n) is 10.9. The number of aliphatic carboxylic acids is 1. The molecule has 0 spiro atoms. The van der Waals surface area contributed by atoms with Crippen molar-refractivity contribution in [3.05, 3.63) is 0 Å². The van der Waals surface area contributed by atoms with Gasteiger partial charge in [-0.2, -0.15) is 0 Å². The zero-order valence-corrected chi connectivity index (χ0v) is 10.9. The summed E-state index contributed by atoms with van der Waals surface area (Å²) in [4.78, 5) is 22.9. The van der Waals surface area contributed by atoms with Gasteiger partial charge in [0.15, 0.2) is 0 Å². The van der Waals surface area contributed by atoms with Crippen LogP contribution >= 0.6 is 0 Å². The van der Waals surface area contributed by atoms with Crippen molar-refractivity contribution in [2.75, 3.05) is 0 Å². The molecule has 98 valence electrons. The molecule has 0 bridgehead atoms. The summed E-state index contributed by atoms with van der Waals surface area (Å²) in [5.74, 6) is -1.01. The van der Waals surface area contributed by atoms with Crippen molar-refractivity contribution in [2.45, 2.75) is 58.1 Å². The molecule has 0 saturated heterocycles. The van der Waals surface area contributed by atoms with Crippen molar-refractivity contribution in [3.8, 4) is 0 Å². The Labute approximate surface area is 102 Å². The molecular formula is C12H21NO4. The number of alkyl carbamates (subject to hydrolysis) is 1. The summed E-state index contributed by atoms with van der Waals surface area (Å²) in [5.41, 5.74) is -1.84. The van der Waals surface area contributed by atoms with Gasteiger partial charge in [0.1, 0.15) is 11.1 Å². The fourth-order valence-corrected chi connectivity index (χ4v) is 1.83. The van der Waals surface area contributed by atoms with Gasteiger partial charge in [-0.15, -0.1) is 0 Å². The number of hydrogen-bond donors (Lipinski definition) is 2. The van der Waals surface area contributed by atoms with Gasteiger partial charge in [-0.25, -0.2) is 9.59 Å². The molecule has 0 heterocycles. The molecule has 5 heteroatoms. The second-order valence-corrected chi connectivity index (χ2v) is 5.76. The smallest absolute Gasteiger partial charge is 0.408 e. The summed E-state index contributed by atoms with van der Waals surface area (Å²) >= 11 is 0. The van der Waals surface area contributed by atoms with E-state index in [1.807, 2.05) is 0 Å². The Kier molecular flexibility index (Phi) is 3.69. The Morgan fingerprint density at radius 2 is 1.76 bits per heavy atom. The van der Waals surface area contributed by atoms with Crippen molar-refractivity contribution >= 4 is 12.1 Å². The predicted molar refractivity (Wildman–Crippen MR) is 62.8 cm³/mol. The summed E-state index contributed by atoms with van der Waals surface area (Å²) < 4.78 is 5.09. The molecular weight excluding hydrogens is 222 g/mol. The second-order valence-electron chi connectivity index (χ2n) is 5.76. The molecule has 0 aromatic heterocycles. The topological polar surface area (TPSA) is 75.6 Å². The third-order valence-corrected chi connectivity index (χ3v) is 3.13. The monoisotopic (exact) mass is 243 g/mol. The van der Waals surface area contributed by atoms with Gasteiger partial charge in [0.05, 0.1) is 0 Å². The van der Waals surface area contributed by atoms with Crippen LogP contribution in [0.5, 0.6) is 0 Å². The highest BCUT2D eigenvalue weighted by Gasteiger charge is 2.46. The van der Waals surface area contributed by atoms with Crippen LogP contribution in [0.3, 0.4) is 0 Å². The molecule has 1 amide bonds. The molecule has 1 atom stereocenters. The first-order valence-electron chi connectivity index (χ1n) is 5.90. The Morgan fingerprint density at radius 1 is 1.24 bits per heavy atom. The average molecular weight is 243 g/mol. The molecule has 1 unspecified atom stereocenters. The minimum atomic E-state index is -1.22. The molecule has 0 aromatic rings. The standard InChI is InChI=1S/C12H21NO4/c1-11(2,3)17-10(16)13-12(4,9(14)15)8-6-5-7-8/h8H,5-7H2,1-4H3,(H,13,16)(H,14,15). The van der Waals surface area contributed by atoms with Gasteiger partial charge < -0.3 is 15.2 Å². The maximum Gasteiger partial charge on any atom is 0.408 e. The predicted octanol–water partition coefficient (Wildman–Crippen LogP) is 2.15. The van der Waals surface area contributed by atoms with Gasteiger partial charge in [0, 0.05) is 0 Å². The lowest BCUT2D eigenvalue weighted by atomic mass is 9.71. The first-order valence-corrected chi connectivity index (χ1v) is 5.90. The quantitative estimate of drug-likeness (QED) is 0.796. The van der Waals surface area contributed by atoms with Crippen LogP contribution in [0.2, 0.25) is 0 Å². The van der Waals surface area contributed by atoms with Gasteiger partial charge in [0.25, 0.3) is 0 Å². The molecule has 1 fully saturated rings. The molecule has 17 heavy (non-hydrogen) atoms. The fraction of sp³-hybridized carbons (Fsp3) is 0.833.